The highest BCUT2D eigenvalue weighted by Crippen LogP contribution is 2.36. The SMILES string of the molecule is CC1(C)CC(=O)C(/C=N/c2nc3ccc4ccccc4c3s2)=C(O)C1. The molecule has 5 heteroatoms. The van der Waals surface area contributed by atoms with E-state index < -0.39 is 0 Å². The predicted octanol–water partition coefficient (Wildman–Crippen LogP) is 5.35. The molecule has 3 aromatic rings. The molecule has 0 bridgehead atoms. The number of thiazole rings is 1. The average molecular weight is 350 g/mol. The van der Waals surface area contributed by atoms with E-state index >= 15 is 0 Å². The first kappa shape index (κ1) is 16.0. The topological polar surface area (TPSA) is 62.5 Å². The number of Topliss-reactive ketones (excluding diaryl/α,β-unsaturated/α-hetero) is 1. The molecule has 1 aliphatic rings. The maximum atomic E-state index is 12.3. The van der Waals surface area contributed by atoms with E-state index in [0.29, 0.717) is 23.5 Å². The second-order valence-electron chi connectivity index (χ2n) is 7.19. The zero-order chi connectivity index (χ0) is 17.6. The Balaban J connectivity index is 1.72. The summed E-state index contributed by atoms with van der Waals surface area (Å²) >= 11 is 1.49. The Labute approximate surface area is 149 Å². The van der Waals surface area contributed by atoms with Gasteiger partial charge in [0.25, 0.3) is 0 Å². The fourth-order valence-electron chi connectivity index (χ4n) is 3.27. The van der Waals surface area contributed by atoms with Gasteiger partial charge in [-0.3, -0.25) is 4.79 Å². The molecule has 0 unspecified atom stereocenters. The Bertz CT molecular complexity index is 1060. The lowest BCUT2D eigenvalue weighted by molar-refractivity contribution is -0.117. The number of aromatic nitrogens is 1. The van der Waals surface area contributed by atoms with Gasteiger partial charge in [-0.15, -0.1) is 0 Å². The van der Waals surface area contributed by atoms with Gasteiger partial charge in [0.2, 0.25) is 5.13 Å². The molecule has 4 rings (SSSR count). The number of rotatable bonds is 2. The highest BCUT2D eigenvalue weighted by molar-refractivity contribution is 7.22. The molecule has 0 radical (unpaired) electrons. The third-order valence-corrected chi connectivity index (χ3v) is 5.48. The molecular formula is C20H18N2O2S. The molecule has 0 saturated heterocycles. The number of carbonyl (C=O) groups excluding carboxylic acids is 1. The van der Waals surface area contributed by atoms with E-state index in [9.17, 15) is 9.90 Å². The summed E-state index contributed by atoms with van der Waals surface area (Å²) in [4.78, 5) is 21.2. The number of aliphatic hydroxyl groups is 1. The van der Waals surface area contributed by atoms with Crippen LogP contribution < -0.4 is 0 Å². The Morgan fingerprint density at radius 3 is 2.80 bits per heavy atom. The lowest BCUT2D eigenvalue weighted by Crippen LogP contribution is -2.26. The number of ketones is 1. The molecule has 0 spiro atoms. The van der Waals surface area contributed by atoms with Crippen molar-refractivity contribution >= 4 is 49.5 Å². The minimum atomic E-state index is -0.201. The van der Waals surface area contributed by atoms with E-state index in [2.05, 4.69) is 22.1 Å². The van der Waals surface area contributed by atoms with Crippen LogP contribution in [-0.2, 0) is 4.79 Å². The molecule has 1 heterocycles. The Morgan fingerprint density at radius 1 is 1.20 bits per heavy atom. The second-order valence-corrected chi connectivity index (χ2v) is 8.17. The summed E-state index contributed by atoms with van der Waals surface area (Å²) in [6.07, 6.45) is 2.38. The van der Waals surface area contributed by atoms with Gasteiger partial charge in [0.15, 0.2) is 5.78 Å². The summed E-state index contributed by atoms with van der Waals surface area (Å²) in [7, 11) is 0. The molecule has 1 aliphatic carbocycles. The summed E-state index contributed by atoms with van der Waals surface area (Å²) < 4.78 is 1.08. The standard InChI is InChI=1S/C20H18N2O2S/c1-20(2)9-16(23)14(17(24)10-20)11-21-19-22-15-8-7-12-5-3-4-6-13(12)18(15)25-19/h3-8,11,23H,9-10H2,1-2H3/b21-11+. The number of benzene rings is 2. The smallest absolute Gasteiger partial charge is 0.210 e. The van der Waals surface area contributed by atoms with Crippen LogP contribution in [0.1, 0.15) is 26.7 Å². The van der Waals surface area contributed by atoms with Crippen LogP contribution in [0.2, 0.25) is 0 Å². The zero-order valence-corrected chi connectivity index (χ0v) is 14.9. The fraction of sp³-hybridized carbons (Fsp3) is 0.250. The molecule has 0 aliphatic heterocycles. The van der Waals surface area contributed by atoms with Crippen molar-refractivity contribution in [2.75, 3.05) is 0 Å². The molecular weight excluding hydrogens is 332 g/mol. The van der Waals surface area contributed by atoms with Crippen LogP contribution >= 0.6 is 11.3 Å². The Kier molecular flexibility index (Phi) is 3.69. The van der Waals surface area contributed by atoms with Crippen LogP contribution in [0.3, 0.4) is 0 Å². The lowest BCUT2D eigenvalue weighted by atomic mass is 9.77. The first-order valence-electron chi connectivity index (χ1n) is 8.21. The van der Waals surface area contributed by atoms with Gasteiger partial charge in [-0.25, -0.2) is 9.98 Å². The first-order chi connectivity index (χ1) is 11.9. The van der Waals surface area contributed by atoms with Crippen molar-refractivity contribution in [2.24, 2.45) is 10.4 Å². The highest BCUT2D eigenvalue weighted by Gasteiger charge is 2.32. The summed E-state index contributed by atoms with van der Waals surface area (Å²) in [5.41, 5.74) is 1.00. The molecule has 0 atom stereocenters. The van der Waals surface area contributed by atoms with E-state index in [1.807, 2.05) is 38.1 Å². The van der Waals surface area contributed by atoms with E-state index in [-0.39, 0.29) is 17.0 Å². The summed E-state index contributed by atoms with van der Waals surface area (Å²) in [6.45, 7) is 3.96. The molecule has 0 amide bonds. The monoisotopic (exact) mass is 350 g/mol. The molecule has 2 aromatic carbocycles. The number of hydrogen-bond acceptors (Lipinski definition) is 5. The Morgan fingerprint density at radius 2 is 2.00 bits per heavy atom. The molecule has 25 heavy (non-hydrogen) atoms. The van der Waals surface area contributed by atoms with Gasteiger partial charge < -0.3 is 5.11 Å². The number of nitrogens with zero attached hydrogens (tertiary/aromatic N) is 2. The summed E-state index contributed by atoms with van der Waals surface area (Å²) in [5.74, 6) is 0.0561. The quantitative estimate of drug-likeness (QED) is 0.633. The Hall–Kier alpha value is -2.53. The number of fused-ring (bicyclic) bond motifs is 3. The van der Waals surface area contributed by atoms with Crippen molar-refractivity contribution < 1.29 is 9.90 Å². The van der Waals surface area contributed by atoms with E-state index in [0.717, 1.165) is 15.6 Å². The van der Waals surface area contributed by atoms with Crippen LogP contribution in [0, 0.1) is 5.41 Å². The molecule has 4 nitrogen and oxygen atoms in total. The van der Waals surface area contributed by atoms with Crippen molar-refractivity contribution in [3.05, 3.63) is 47.7 Å². The fourth-order valence-corrected chi connectivity index (χ4v) is 4.21. The van der Waals surface area contributed by atoms with Gasteiger partial charge in [0.05, 0.1) is 15.8 Å². The molecule has 1 N–H and O–H groups in total. The number of aliphatic imine (C=N–C) groups is 1. The molecule has 0 fully saturated rings. The minimum Gasteiger partial charge on any atom is -0.511 e. The van der Waals surface area contributed by atoms with E-state index in [4.69, 9.17) is 0 Å². The van der Waals surface area contributed by atoms with Crippen molar-refractivity contribution in [2.45, 2.75) is 26.7 Å². The largest absolute Gasteiger partial charge is 0.511 e. The van der Waals surface area contributed by atoms with Gasteiger partial charge in [-0.05, 0) is 16.9 Å². The van der Waals surface area contributed by atoms with Crippen LogP contribution in [0.5, 0.6) is 0 Å². The first-order valence-corrected chi connectivity index (χ1v) is 9.02. The van der Waals surface area contributed by atoms with Crippen molar-refractivity contribution in [1.29, 1.82) is 0 Å². The average Bonchev–Trinajstić information content (AvgIpc) is 2.96. The van der Waals surface area contributed by atoms with Gasteiger partial charge in [-0.2, -0.15) is 0 Å². The van der Waals surface area contributed by atoms with Crippen LogP contribution in [0.25, 0.3) is 21.0 Å². The summed E-state index contributed by atoms with van der Waals surface area (Å²) in [5, 5.41) is 13.1. The van der Waals surface area contributed by atoms with Crippen molar-refractivity contribution in [3.8, 4) is 0 Å². The highest BCUT2D eigenvalue weighted by atomic mass is 32.1. The van der Waals surface area contributed by atoms with E-state index in [1.165, 1.54) is 22.9 Å². The van der Waals surface area contributed by atoms with Crippen LogP contribution in [-0.4, -0.2) is 22.1 Å². The number of allylic oxidation sites excluding steroid dienone is 2. The van der Waals surface area contributed by atoms with Gasteiger partial charge >= 0.3 is 0 Å². The van der Waals surface area contributed by atoms with Crippen molar-refractivity contribution in [1.82, 2.24) is 4.98 Å². The molecule has 0 saturated carbocycles. The zero-order valence-electron chi connectivity index (χ0n) is 14.1. The number of carbonyl (C=O) groups is 1. The predicted molar refractivity (Wildman–Crippen MR) is 103 cm³/mol. The van der Waals surface area contributed by atoms with Crippen LogP contribution in [0.4, 0.5) is 5.13 Å². The maximum Gasteiger partial charge on any atom is 0.210 e. The van der Waals surface area contributed by atoms with Gasteiger partial charge in [0.1, 0.15) is 5.76 Å². The van der Waals surface area contributed by atoms with Gasteiger partial charge in [-0.1, -0.05) is 55.5 Å². The van der Waals surface area contributed by atoms with Crippen molar-refractivity contribution in [3.63, 3.8) is 0 Å². The second kappa shape index (κ2) is 5.77. The maximum absolute atomic E-state index is 12.3. The normalized spacial score (nSPS) is 17.9. The summed E-state index contributed by atoms with van der Waals surface area (Å²) in [6, 6.07) is 12.2. The number of aliphatic hydroxyl groups excluding tert-OH is 1. The van der Waals surface area contributed by atoms with E-state index in [1.54, 1.807) is 0 Å². The van der Waals surface area contributed by atoms with Gasteiger partial charge in [0, 0.05) is 24.4 Å². The third-order valence-electron chi connectivity index (χ3n) is 4.47. The number of hydrogen-bond donors (Lipinski definition) is 1. The minimum absolute atomic E-state index is 0.0657. The third kappa shape index (κ3) is 2.96. The molecule has 1 aromatic heterocycles. The van der Waals surface area contributed by atoms with Crippen LogP contribution in [0.15, 0.2) is 52.7 Å². The lowest BCUT2D eigenvalue weighted by Gasteiger charge is -2.28. The molecule has 126 valence electrons.